The number of aliphatic hydroxyl groups excluding tert-OH is 1. The first kappa shape index (κ1) is 7.80. The van der Waals surface area contributed by atoms with Crippen molar-refractivity contribution >= 4 is 0 Å². The lowest BCUT2D eigenvalue weighted by molar-refractivity contribution is 0.174. The van der Waals surface area contributed by atoms with E-state index in [0.717, 1.165) is 6.42 Å². The van der Waals surface area contributed by atoms with E-state index in [4.69, 9.17) is 5.11 Å². The van der Waals surface area contributed by atoms with Crippen molar-refractivity contribution in [1.82, 2.24) is 0 Å². The fourth-order valence-electron chi connectivity index (χ4n) is 1.71. The van der Waals surface area contributed by atoms with Gasteiger partial charge in [0, 0.05) is 6.61 Å². The van der Waals surface area contributed by atoms with Gasteiger partial charge >= 0.3 is 0 Å². The Bertz CT molecular complexity index is 109. The molecule has 10 heavy (non-hydrogen) atoms. The standard InChI is InChI=1S/C9H16O/c1-2-8-4-3-5-9(6-8)7-10/h2,8-10H,1,3-7H2/t8-,9+/m1/s1. The van der Waals surface area contributed by atoms with Gasteiger partial charge in [-0.25, -0.2) is 0 Å². The van der Waals surface area contributed by atoms with Gasteiger partial charge in [0.25, 0.3) is 0 Å². The molecule has 1 aliphatic carbocycles. The van der Waals surface area contributed by atoms with Crippen molar-refractivity contribution in [3.63, 3.8) is 0 Å². The van der Waals surface area contributed by atoms with Crippen LogP contribution in [0.1, 0.15) is 25.7 Å². The average Bonchev–Trinajstić information content (AvgIpc) is 2.05. The summed E-state index contributed by atoms with van der Waals surface area (Å²) in [5.74, 6) is 1.22. The summed E-state index contributed by atoms with van der Waals surface area (Å²) in [6.45, 7) is 4.14. The van der Waals surface area contributed by atoms with Crippen molar-refractivity contribution in [2.75, 3.05) is 6.61 Å². The van der Waals surface area contributed by atoms with Crippen LogP contribution in [0.25, 0.3) is 0 Å². The van der Waals surface area contributed by atoms with Crippen LogP contribution < -0.4 is 0 Å². The monoisotopic (exact) mass is 140 g/mol. The largest absolute Gasteiger partial charge is 0.396 e. The van der Waals surface area contributed by atoms with Gasteiger partial charge in [0.15, 0.2) is 0 Å². The van der Waals surface area contributed by atoms with Crippen LogP contribution in [0.2, 0.25) is 0 Å². The van der Waals surface area contributed by atoms with Crippen molar-refractivity contribution in [3.8, 4) is 0 Å². The Hall–Kier alpha value is -0.300. The van der Waals surface area contributed by atoms with Crippen LogP contribution in [0, 0.1) is 11.8 Å². The molecule has 1 saturated carbocycles. The zero-order valence-electron chi connectivity index (χ0n) is 6.42. The molecule has 0 radical (unpaired) electrons. The molecule has 0 spiro atoms. The quantitative estimate of drug-likeness (QED) is 0.581. The highest BCUT2D eigenvalue weighted by Crippen LogP contribution is 2.28. The lowest BCUT2D eigenvalue weighted by Crippen LogP contribution is -2.16. The molecule has 0 saturated heterocycles. The molecular formula is C9H16O. The third kappa shape index (κ3) is 1.84. The first-order valence-corrected chi connectivity index (χ1v) is 4.10. The maximum Gasteiger partial charge on any atom is 0.0459 e. The molecule has 0 aromatic rings. The fourth-order valence-corrected chi connectivity index (χ4v) is 1.71. The Morgan fingerprint density at radius 2 is 2.30 bits per heavy atom. The van der Waals surface area contributed by atoms with Crippen LogP contribution in [0.4, 0.5) is 0 Å². The molecule has 2 atom stereocenters. The Balaban J connectivity index is 2.31. The maximum atomic E-state index is 8.87. The molecular weight excluding hydrogens is 124 g/mol. The molecule has 0 bridgehead atoms. The van der Waals surface area contributed by atoms with Gasteiger partial charge in [-0.1, -0.05) is 12.5 Å². The van der Waals surface area contributed by atoms with E-state index in [9.17, 15) is 0 Å². The Kier molecular flexibility index (Phi) is 2.94. The van der Waals surface area contributed by atoms with E-state index < -0.39 is 0 Å². The molecule has 1 N–H and O–H groups in total. The molecule has 1 heteroatoms. The molecule has 0 aromatic heterocycles. The lowest BCUT2D eigenvalue weighted by Gasteiger charge is -2.25. The van der Waals surface area contributed by atoms with E-state index in [2.05, 4.69) is 6.58 Å². The fraction of sp³-hybridized carbons (Fsp3) is 0.778. The van der Waals surface area contributed by atoms with E-state index in [1.54, 1.807) is 0 Å². The van der Waals surface area contributed by atoms with E-state index in [1.807, 2.05) is 6.08 Å². The molecule has 0 amide bonds. The van der Waals surface area contributed by atoms with E-state index >= 15 is 0 Å². The Morgan fingerprint density at radius 1 is 1.50 bits per heavy atom. The van der Waals surface area contributed by atoms with Gasteiger partial charge in [0.1, 0.15) is 0 Å². The molecule has 1 rings (SSSR count). The van der Waals surface area contributed by atoms with Crippen molar-refractivity contribution in [2.45, 2.75) is 25.7 Å². The second kappa shape index (κ2) is 3.77. The number of aliphatic hydroxyl groups is 1. The van der Waals surface area contributed by atoms with Crippen LogP contribution in [-0.4, -0.2) is 11.7 Å². The maximum absolute atomic E-state index is 8.87. The normalized spacial score (nSPS) is 33.7. The van der Waals surface area contributed by atoms with Gasteiger partial charge in [0.05, 0.1) is 0 Å². The third-order valence-electron chi connectivity index (χ3n) is 2.41. The molecule has 0 aromatic carbocycles. The number of hydrogen-bond donors (Lipinski definition) is 1. The molecule has 0 heterocycles. The van der Waals surface area contributed by atoms with Crippen molar-refractivity contribution in [2.24, 2.45) is 11.8 Å². The summed E-state index contributed by atoms with van der Waals surface area (Å²) in [4.78, 5) is 0. The van der Waals surface area contributed by atoms with Crippen molar-refractivity contribution < 1.29 is 5.11 Å². The van der Waals surface area contributed by atoms with Crippen LogP contribution in [0.3, 0.4) is 0 Å². The zero-order valence-corrected chi connectivity index (χ0v) is 6.42. The smallest absolute Gasteiger partial charge is 0.0459 e. The summed E-state index contributed by atoms with van der Waals surface area (Å²) >= 11 is 0. The minimum Gasteiger partial charge on any atom is -0.396 e. The van der Waals surface area contributed by atoms with Crippen molar-refractivity contribution in [3.05, 3.63) is 12.7 Å². The molecule has 0 unspecified atom stereocenters. The summed E-state index contributed by atoms with van der Waals surface area (Å²) in [7, 11) is 0. The Labute approximate surface area is 62.8 Å². The van der Waals surface area contributed by atoms with E-state index in [-0.39, 0.29) is 0 Å². The predicted octanol–water partition coefficient (Wildman–Crippen LogP) is 1.97. The topological polar surface area (TPSA) is 20.2 Å². The van der Waals surface area contributed by atoms with Crippen LogP contribution in [0.15, 0.2) is 12.7 Å². The van der Waals surface area contributed by atoms with Gasteiger partial charge in [-0.05, 0) is 31.1 Å². The molecule has 1 nitrogen and oxygen atoms in total. The summed E-state index contributed by atoms with van der Waals surface area (Å²) in [6.07, 6.45) is 6.94. The molecule has 1 fully saturated rings. The van der Waals surface area contributed by atoms with Gasteiger partial charge in [0.2, 0.25) is 0 Å². The van der Waals surface area contributed by atoms with E-state index in [0.29, 0.717) is 18.4 Å². The van der Waals surface area contributed by atoms with Crippen molar-refractivity contribution in [1.29, 1.82) is 0 Å². The third-order valence-corrected chi connectivity index (χ3v) is 2.41. The summed E-state index contributed by atoms with van der Waals surface area (Å²) in [5.41, 5.74) is 0. The second-order valence-electron chi connectivity index (χ2n) is 3.21. The SMILES string of the molecule is C=C[C@@H]1CCC[C@H](CO)C1. The molecule has 1 aliphatic rings. The number of allylic oxidation sites excluding steroid dienone is 1. The Morgan fingerprint density at radius 3 is 2.90 bits per heavy atom. The first-order chi connectivity index (χ1) is 4.86. The highest BCUT2D eigenvalue weighted by Gasteiger charge is 2.18. The van der Waals surface area contributed by atoms with Gasteiger partial charge in [-0.2, -0.15) is 0 Å². The van der Waals surface area contributed by atoms with Crippen LogP contribution >= 0.6 is 0 Å². The van der Waals surface area contributed by atoms with Crippen LogP contribution in [0.5, 0.6) is 0 Å². The highest BCUT2D eigenvalue weighted by molar-refractivity contribution is 4.84. The molecule has 0 aliphatic heterocycles. The average molecular weight is 140 g/mol. The highest BCUT2D eigenvalue weighted by atomic mass is 16.3. The second-order valence-corrected chi connectivity index (χ2v) is 3.21. The number of hydrogen-bond acceptors (Lipinski definition) is 1. The van der Waals surface area contributed by atoms with Gasteiger partial charge in [-0.3, -0.25) is 0 Å². The first-order valence-electron chi connectivity index (χ1n) is 4.10. The van der Waals surface area contributed by atoms with Gasteiger partial charge < -0.3 is 5.11 Å². The number of rotatable bonds is 2. The van der Waals surface area contributed by atoms with Crippen LogP contribution in [-0.2, 0) is 0 Å². The zero-order chi connectivity index (χ0) is 7.40. The predicted molar refractivity (Wildman–Crippen MR) is 42.7 cm³/mol. The minimum atomic E-state index is 0.365. The molecule has 58 valence electrons. The lowest BCUT2D eigenvalue weighted by atomic mass is 9.82. The summed E-state index contributed by atoms with van der Waals surface area (Å²) < 4.78 is 0. The summed E-state index contributed by atoms with van der Waals surface area (Å²) in [5, 5.41) is 8.87. The van der Waals surface area contributed by atoms with Gasteiger partial charge in [-0.15, -0.1) is 6.58 Å². The minimum absolute atomic E-state index is 0.365. The summed E-state index contributed by atoms with van der Waals surface area (Å²) in [6, 6.07) is 0. The van der Waals surface area contributed by atoms with E-state index in [1.165, 1.54) is 19.3 Å².